The molecule has 1 heterocycles. The molecule has 1 rings (SSSR count). The van der Waals surface area contributed by atoms with Crippen LogP contribution in [0.1, 0.15) is 26.7 Å². The zero-order valence-corrected chi connectivity index (χ0v) is 9.79. The van der Waals surface area contributed by atoms with Crippen LogP contribution in [0.25, 0.3) is 0 Å². The zero-order chi connectivity index (χ0) is 11.7. The van der Waals surface area contributed by atoms with E-state index in [1.165, 1.54) is 11.2 Å². The van der Waals surface area contributed by atoms with E-state index in [9.17, 15) is 13.5 Å². The summed E-state index contributed by atoms with van der Waals surface area (Å²) in [6, 6.07) is 1.73. The second kappa shape index (κ2) is 4.08. The molecular weight excluding hydrogens is 216 g/mol. The highest BCUT2D eigenvalue weighted by Crippen LogP contribution is 2.24. The smallest absolute Gasteiger partial charge is 0.230 e. The summed E-state index contributed by atoms with van der Waals surface area (Å²) in [6.45, 7) is 3.66. The number of aliphatic hydroxyl groups is 1. The lowest BCUT2D eigenvalue weighted by Crippen LogP contribution is -2.47. The zero-order valence-electron chi connectivity index (χ0n) is 8.97. The second-order valence-electron chi connectivity index (χ2n) is 4.21. The molecule has 1 unspecified atom stereocenters. The van der Waals surface area contributed by atoms with Crippen LogP contribution < -0.4 is 0 Å². The highest BCUT2D eigenvalue weighted by Gasteiger charge is 2.35. The van der Waals surface area contributed by atoms with E-state index < -0.39 is 20.9 Å². The Labute approximate surface area is 90.4 Å². The molecule has 1 aliphatic rings. The van der Waals surface area contributed by atoms with Crippen LogP contribution in [-0.4, -0.2) is 41.8 Å². The van der Waals surface area contributed by atoms with Crippen molar-refractivity contribution in [2.24, 2.45) is 0 Å². The Kier molecular flexibility index (Phi) is 3.38. The third-order valence-electron chi connectivity index (χ3n) is 2.79. The molecule has 5 nitrogen and oxygen atoms in total. The Balaban J connectivity index is 2.74. The van der Waals surface area contributed by atoms with Crippen molar-refractivity contribution in [2.75, 3.05) is 13.1 Å². The van der Waals surface area contributed by atoms with Gasteiger partial charge in [-0.3, -0.25) is 0 Å². The van der Waals surface area contributed by atoms with E-state index >= 15 is 0 Å². The van der Waals surface area contributed by atoms with Crippen LogP contribution in [0.15, 0.2) is 0 Å². The number of piperidine rings is 1. The molecule has 6 heteroatoms. The fraction of sp³-hybridized carbons (Fsp3) is 0.889. The van der Waals surface area contributed by atoms with E-state index in [4.69, 9.17) is 5.26 Å². The molecule has 0 aromatic rings. The highest BCUT2D eigenvalue weighted by atomic mass is 32.2. The number of hydrogen-bond donors (Lipinski definition) is 1. The Morgan fingerprint density at radius 2 is 1.93 bits per heavy atom. The van der Waals surface area contributed by atoms with Gasteiger partial charge in [0.25, 0.3) is 0 Å². The maximum Gasteiger partial charge on any atom is 0.230 e. The van der Waals surface area contributed by atoms with Gasteiger partial charge in [-0.2, -0.15) is 5.26 Å². The fourth-order valence-corrected chi connectivity index (χ4v) is 2.78. The summed E-state index contributed by atoms with van der Waals surface area (Å²) in [6.07, 6.45) is 0.842. The summed E-state index contributed by atoms with van der Waals surface area (Å²) in [4.78, 5) is 0. The molecule has 1 aliphatic heterocycles. The number of hydrogen-bond acceptors (Lipinski definition) is 4. The van der Waals surface area contributed by atoms with Gasteiger partial charge < -0.3 is 5.11 Å². The van der Waals surface area contributed by atoms with Gasteiger partial charge in [0.2, 0.25) is 10.0 Å². The average Bonchev–Trinajstić information content (AvgIpc) is 2.15. The molecule has 0 aromatic carbocycles. The van der Waals surface area contributed by atoms with Gasteiger partial charge in [-0.05, 0) is 26.7 Å². The van der Waals surface area contributed by atoms with Crippen LogP contribution in [0.5, 0.6) is 0 Å². The van der Waals surface area contributed by atoms with Crippen molar-refractivity contribution in [1.82, 2.24) is 4.31 Å². The summed E-state index contributed by atoms with van der Waals surface area (Å²) in [5.41, 5.74) is -0.776. The molecule has 0 saturated carbocycles. The predicted molar refractivity (Wildman–Crippen MR) is 55.4 cm³/mol. The lowest BCUT2D eigenvalue weighted by Gasteiger charge is -2.35. The normalized spacial score (nSPS) is 24.4. The maximum absolute atomic E-state index is 11.7. The van der Waals surface area contributed by atoms with Crippen molar-refractivity contribution in [3.8, 4) is 6.07 Å². The SMILES string of the molecule is CC(C#N)S(=O)(=O)N1CCC(C)(O)CC1. The number of nitrogens with zero attached hydrogens (tertiary/aromatic N) is 2. The first-order valence-corrected chi connectivity index (χ1v) is 6.41. The van der Waals surface area contributed by atoms with Gasteiger partial charge in [0, 0.05) is 13.1 Å². The lowest BCUT2D eigenvalue weighted by molar-refractivity contribution is 0.0125. The van der Waals surface area contributed by atoms with Crippen LogP contribution in [0.4, 0.5) is 0 Å². The molecule has 1 fully saturated rings. The molecule has 0 amide bonds. The number of sulfonamides is 1. The van der Waals surface area contributed by atoms with E-state index in [0.29, 0.717) is 25.9 Å². The number of rotatable bonds is 2. The van der Waals surface area contributed by atoms with Gasteiger partial charge in [0.05, 0.1) is 11.7 Å². The molecule has 15 heavy (non-hydrogen) atoms. The fourth-order valence-electron chi connectivity index (χ4n) is 1.51. The third kappa shape index (κ3) is 2.68. The molecule has 0 aromatic heterocycles. The Morgan fingerprint density at radius 3 is 2.33 bits per heavy atom. The van der Waals surface area contributed by atoms with Gasteiger partial charge in [-0.1, -0.05) is 0 Å². The van der Waals surface area contributed by atoms with Crippen molar-refractivity contribution in [1.29, 1.82) is 5.26 Å². The standard InChI is InChI=1S/C9H16N2O3S/c1-8(7-10)15(13,14)11-5-3-9(2,12)4-6-11/h8,12H,3-6H2,1-2H3. The molecule has 0 radical (unpaired) electrons. The van der Waals surface area contributed by atoms with E-state index in [2.05, 4.69) is 0 Å². The van der Waals surface area contributed by atoms with Crippen LogP contribution >= 0.6 is 0 Å². The van der Waals surface area contributed by atoms with Crippen LogP contribution in [0.3, 0.4) is 0 Å². The van der Waals surface area contributed by atoms with Crippen molar-refractivity contribution in [3.05, 3.63) is 0 Å². The minimum absolute atomic E-state index is 0.293. The Hall–Kier alpha value is -0.640. The summed E-state index contributed by atoms with van der Waals surface area (Å²) in [5.74, 6) is 0. The summed E-state index contributed by atoms with van der Waals surface area (Å²) < 4.78 is 24.8. The first-order chi connectivity index (χ1) is 6.79. The van der Waals surface area contributed by atoms with Crippen molar-refractivity contribution < 1.29 is 13.5 Å². The van der Waals surface area contributed by atoms with Gasteiger partial charge in [-0.25, -0.2) is 12.7 Å². The largest absolute Gasteiger partial charge is 0.390 e. The molecule has 86 valence electrons. The van der Waals surface area contributed by atoms with Crippen molar-refractivity contribution in [3.63, 3.8) is 0 Å². The predicted octanol–water partition coefficient (Wildman–Crippen LogP) is 0.0751. The lowest BCUT2D eigenvalue weighted by atomic mass is 9.95. The van der Waals surface area contributed by atoms with Gasteiger partial charge in [-0.15, -0.1) is 0 Å². The van der Waals surface area contributed by atoms with E-state index in [-0.39, 0.29) is 0 Å². The minimum Gasteiger partial charge on any atom is -0.390 e. The molecule has 0 aliphatic carbocycles. The monoisotopic (exact) mass is 232 g/mol. The van der Waals surface area contributed by atoms with Crippen molar-refractivity contribution >= 4 is 10.0 Å². The topological polar surface area (TPSA) is 81.4 Å². The summed E-state index contributed by atoms with van der Waals surface area (Å²) in [7, 11) is -3.50. The molecule has 1 atom stereocenters. The Bertz CT molecular complexity index is 359. The molecular formula is C9H16N2O3S. The first kappa shape index (κ1) is 12.4. The molecule has 0 bridgehead atoms. The average molecular weight is 232 g/mol. The third-order valence-corrected chi connectivity index (χ3v) is 4.87. The van der Waals surface area contributed by atoms with E-state index in [1.54, 1.807) is 13.0 Å². The second-order valence-corrected chi connectivity index (χ2v) is 6.47. The maximum atomic E-state index is 11.7. The first-order valence-electron chi connectivity index (χ1n) is 4.90. The number of nitriles is 1. The Morgan fingerprint density at radius 1 is 1.47 bits per heavy atom. The minimum atomic E-state index is -3.50. The molecule has 0 spiro atoms. The summed E-state index contributed by atoms with van der Waals surface area (Å²) in [5, 5.41) is 17.3. The van der Waals surface area contributed by atoms with Crippen LogP contribution in [0.2, 0.25) is 0 Å². The van der Waals surface area contributed by atoms with Crippen LogP contribution in [0, 0.1) is 11.3 Å². The quantitative estimate of drug-likeness (QED) is 0.730. The van der Waals surface area contributed by atoms with Gasteiger partial charge in [0.1, 0.15) is 0 Å². The van der Waals surface area contributed by atoms with E-state index in [0.717, 1.165) is 0 Å². The van der Waals surface area contributed by atoms with Crippen molar-refractivity contribution in [2.45, 2.75) is 37.5 Å². The molecule has 1 N–H and O–H groups in total. The molecule has 1 saturated heterocycles. The van der Waals surface area contributed by atoms with E-state index in [1.807, 2.05) is 0 Å². The van der Waals surface area contributed by atoms with Crippen LogP contribution in [-0.2, 0) is 10.0 Å². The van der Waals surface area contributed by atoms with Gasteiger partial charge in [0.15, 0.2) is 5.25 Å². The highest BCUT2D eigenvalue weighted by molar-refractivity contribution is 7.89. The summed E-state index contributed by atoms with van der Waals surface area (Å²) >= 11 is 0. The van der Waals surface area contributed by atoms with Gasteiger partial charge >= 0.3 is 0 Å².